The third-order valence-corrected chi connectivity index (χ3v) is 4.38. The Morgan fingerprint density at radius 1 is 1.28 bits per heavy atom. The Morgan fingerprint density at radius 3 is 2.68 bits per heavy atom. The van der Waals surface area contributed by atoms with Crippen LogP contribution in [-0.4, -0.2) is 47.2 Å². The van der Waals surface area contributed by atoms with Crippen LogP contribution < -0.4 is 10.6 Å². The summed E-state index contributed by atoms with van der Waals surface area (Å²) in [5, 5.41) is 10.5. The maximum absolute atomic E-state index is 5.11. The van der Waals surface area contributed by atoms with Gasteiger partial charge in [0, 0.05) is 32.7 Å². The number of guanidine groups is 1. The predicted octanol–water partition coefficient (Wildman–Crippen LogP) is 1.71. The average Bonchev–Trinajstić information content (AvgIpc) is 3.06. The number of rotatable bonds is 5. The van der Waals surface area contributed by atoms with Gasteiger partial charge in [-0.1, -0.05) is 35.5 Å². The third-order valence-electron chi connectivity index (χ3n) is 4.38. The number of nitrogens with one attached hydrogen (secondary N) is 2. The molecule has 0 aliphatic carbocycles. The Bertz CT molecular complexity index is 676. The molecule has 7 nitrogen and oxygen atoms in total. The summed E-state index contributed by atoms with van der Waals surface area (Å²) < 4.78 is 5.11. The van der Waals surface area contributed by atoms with E-state index in [2.05, 4.69) is 61.0 Å². The van der Waals surface area contributed by atoms with Crippen LogP contribution in [0.4, 0.5) is 0 Å². The zero-order valence-electron chi connectivity index (χ0n) is 14.9. The Labute approximate surface area is 148 Å². The summed E-state index contributed by atoms with van der Waals surface area (Å²) in [5.74, 6) is 1.99. The minimum absolute atomic E-state index is 0.433. The second-order valence-electron chi connectivity index (χ2n) is 6.34. The van der Waals surface area contributed by atoms with E-state index in [4.69, 9.17) is 4.52 Å². The molecule has 2 aromatic rings. The zero-order valence-corrected chi connectivity index (χ0v) is 14.9. The smallest absolute Gasteiger partial charge is 0.246 e. The van der Waals surface area contributed by atoms with E-state index in [0.717, 1.165) is 38.4 Å². The van der Waals surface area contributed by atoms with Gasteiger partial charge in [-0.15, -0.1) is 0 Å². The van der Waals surface area contributed by atoms with E-state index in [0.29, 0.717) is 24.3 Å². The van der Waals surface area contributed by atoms with Crippen molar-refractivity contribution in [2.75, 3.05) is 20.1 Å². The molecule has 3 rings (SSSR count). The van der Waals surface area contributed by atoms with Gasteiger partial charge in [0.05, 0.1) is 6.54 Å². The van der Waals surface area contributed by atoms with E-state index < -0.39 is 0 Å². The van der Waals surface area contributed by atoms with E-state index >= 15 is 0 Å². The Morgan fingerprint density at radius 2 is 2.04 bits per heavy atom. The minimum Gasteiger partial charge on any atom is -0.354 e. The number of piperidine rings is 1. The molecular formula is C18H26N6O. The molecule has 2 heterocycles. The lowest BCUT2D eigenvalue weighted by atomic mass is 10.0. The number of hydrogen-bond donors (Lipinski definition) is 2. The van der Waals surface area contributed by atoms with Crippen molar-refractivity contribution in [3.05, 3.63) is 47.6 Å². The van der Waals surface area contributed by atoms with Crippen LogP contribution in [0.15, 0.2) is 39.8 Å². The van der Waals surface area contributed by atoms with Gasteiger partial charge in [-0.05, 0) is 25.3 Å². The molecule has 1 fully saturated rings. The number of nitrogens with zero attached hydrogens (tertiary/aromatic N) is 4. The number of hydrogen-bond acceptors (Lipinski definition) is 5. The van der Waals surface area contributed by atoms with E-state index in [9.17, 15) is 0 Å². The molecule has 1 aliphatic rings. The molecule has 1 aromatic carbocycles. The van der Waals surface area contributed by atoms with Crippen LogP contribution >= 0.6 is 0 Å². The number of aryl methyl sites for hydroxylation is 1. The molecule has 0 radical (unpaired) electrons. The third kappa shape index (κ3) is 5.29. The van der Waals surface area contributed by atoms with Crippen LogP contribution in [-0.2, 0) is 13.1 Å². The first kappa shape index (κ1) is 17.4. The van der Waals surface area contributed by atoms with Gasteiger partial charge in [-0.2, -0.15) is 4.98 Å². The van der Waals surface area contributed by atoms with Crippen molar-refractivity contribution in [2.24, 2.45) is 4.99 Å². The first-order valence-electron chi connectivity index (χ1n) is 8.75. The Balaban J connectivity index is 1.41. The zero-order chi connectivity index (χ0) is 17.5. The summed E-state index contributed by atoms with van der Waals surface area (Å²) in [6, 6.07) is 11.1. The average molecular weight is 342 g/mol. The van der Waals surface area contributed by atoms with Gasteiger partial charge in [-0.3, -0.25) is 9.89 Å². The summed E-state index contributed by atoms with van der Waals surface area (Å²) in [6.07, 6.45) is 2.21. The summed E-state index contributed by atoms with van der Waals surface area (Å²) in [5.41, 5.74) is 1.38. The number of aromatic nitrogens is 2. The van der Waals surface area contributed by atoms with Crippen molar-refractivity contribution in [1.82, 2.24) is 25.7 Å². The first-order chi connectivity index (χ1) is 12.2. The summed E-state index contributed by atoms with van der Waals surface area (Å²) >= 11 is 0. The lowest BCUT2D eigenvalue weighted by Crippen LogP contribution is -2.48. The standard InChI is InChI=1S/C18H26N6O/c1-14-21-17(25-23-14)12-20-18(19-2)22-16-8-10-24(11-9-16)13-15-6-4-3-5-7-15/h3-7,16H,8-13H2,1-2H3,(H2,19,20,22). The van der Waals surface area contributed by atoms with Crippen LogP contribution in [0.3, 0.4) is 0 Å². The van der Waals surface area contributed by atoms with Crippen molar-refractivity contribution in [1.29, 1.82) is 0 Å². The van der Waals surface area contributed by atoms with Gasteiger partial charge in [0.25, 0.3) is 0 Å². The van der Waals surface area contributed by atoms with Crippen LogP contribution in [0.5, 0.6) is 0 Å². The number of benzene rings is 1. The van der Waals surface area contributed by atoms with Crippen molar-refractivity contribution >= 4 is 5.96 Å². The fourth-order valence-corrected chi connectivity index (χ4v) is 3.04. The highest BCUT2D eigenvalue weighted by atomic mass is 16.5. The van der Waals surface area contributed by atoms with Gasteiger partial charge in [0.2, 0.25) is 5.89 Å². The van der Waals surface area contributed by atoms with Crippen LogP contribution in [0, 0.1) is 6.92 Å². The summed E-state index contributed by atoms with van der Waals surface area (Å²) in [4.78, 5) is 11.0. The molecule has 7 heteroatoms. The quantitative estimate of drug-likeness (QED) is 0.636. The molecule has 0 saturated carbocycles. The van der Waals surface area contributed by atoms with Gasteiger partial charge < -0.3 is 15.2 Å². The molecule has 0 bridgehead atoms. The van der Waals surface area contributed by atoms with E-state index in [1.54, 1.807) is 7.05 Å². The molecule has 0 amide bonds. The molecule has 134 valence electrons. The highest BCUT2D eigenvalue weighted by Gasteiger charge is 2.20. The van der Waals surface area contributed by atoms with Gasteiger partial charge >= 0.3 is 0 Å². The maximum atomic E-state index is 5.11. The fraction of sp³-hybridized carbons (Fsp3) is 0.500. The molecule has 0 spiro atoms. The highest BCUT2D eigenvalue weighted by Crippen LogP contribution is 2.13. The molecule has 25 heavy (non-hydrogen) atoms. The van der Waals surface area contributed by atoms with Crippen molar-refractivity contribution in [3.8, 4) is 0 Å². The molecule has 2 N–H and O–H groups in total. The van der Waals surface area contributed by atoms with Gasteiger partial charge in [-0.25, -0.2) is 0 Å². The summed E-state index contributed by atoms with van der Waals surface area (Å²) in [7, 11) is 1.78. The lowest BCUT2D eigenvalue weighted by molar-refractivity contribution is 0.198. The molecule has 1 saturated heterocycles. The largest absolute Gasteiger partial charge is 0.354 e. The molecular weight excluding hydrogens is 316 g/mol. The van der Waals surface area contributed by atoms with Crippen molar-refractivity contribution in [2.45, 2.75) is 38.9 Å². The predicted molar refractivity (Wildman–Crippen MR) is 97.1 cm³/mol. The van der Waals surface area contributed by atoms with Crippen molar-refractivity contribution in [3.63, 3.8) is 0 Å². The summed E-state index contributed by atoms with van der Waals surface area (Å²) in [6.45, 7) is 5.49. The molecule has 1 aliphatic heterocycles. The first-order valence-corrected chi connectivity index (χ1v) is 8.75. The Kier molecular flexibility index (Phi) is 6.00. The van der Waals surface area contributed by atoms with E-state index in [-0.39, 0.29) is 0 Å². The topological polar surface area (TPSA) is 78.6 Å². The van der Waals surface area contributed by atoms with Crippen LogP contribution in [0.2, 0.25) is 0 Å². The monoisotopic (exact) mass is 342 g/mol. The fourth-order valence-electron chi connectivity index (χ4n) is 3.04. The minimum atomic E-state index is 0.433. The SMILES string of the molecule is CN=C(NCc1nc(C)no1)NC1CCN(Cc2ccccc2)CC1. The van der Waals surface area contributed by atoms with Gasteiger partial charge in [0.15, 0.2) is 11.8 Å². The van der Waals surface area contributed by atoms with Crippen LogP contribution in [0.1, 0.15) is 30.1 Å². The lowest BCUT2D eigenvalue weighted by Gasteiger charge is -2.33. The molecule has 1 aromatic heterocycles. The van der Waals surface area contributed by atoms with E-state index in [1.807, 2.05) is 6.92 Å². The molecule has 0 atom stereocenters. The molecule has 0 unspecified atom stereocenters. The maximum Gasteiger partial charge on any atom is 0.246 e. The Hall–Kier alpha value is -2.41. The van der Waals surface area contributed by atoms with Crippen molar-refractivity contribution < 1.29 is 4.52 Å². The number of likely N-dealkylation sites (tertiary alicyclic amines) is 1. The number of aliphatic imine (C=N–C) groups is 1. The highest BCUT2D eigenvalue weighted by molar-refractivity contribution is 5.79. The van der Waals surface area contributed by atoms with E-state index in [1.165, 1.54) is 5.56 Å². The normalized spacial score (nSPS) is 16.8. The van der Waals surface area contributed by atoms with Gasteiger partial charge in [0.1, 0.15) is 0 Å². The second kappa shape index (κ2) is 8.62. The second-order valence-corrected chi connectivity index (χ2v) is 6.34. The van der Waals surface area contributed by atoms with Crippen LogP contribution in [0.25, 0.3) is 0 Å².